The van der Waals surface area contributed by atoms with Crippen LogP contribution in [0.4, 0.5) is 0 Å². The molecule has 0 fully saturated rings. The highest BCUT2D eigenvalue weighted by Gasteiger charge is 2.21. The van der Waals surface area contributed by atoms with Gasteiger partial charge in [-0.15, -0.1) is 0 Å². The summed E-state index contributed by atoms with van der Waals surface area (Å²) in [7, 11) is 6.91. The number of rotatable bonds is 5. The van der Waals surface area contributed by atoms with Gasteiger partial charge in [0, 0.05) is 28.1 Å². The van der Waals surface area contributed by atoms with Crippen LogP contribution < -0.4 is 0 Å². The number of aryl methyl sites for hydroxylation is 4. The Morgan fingerprint density at radius 3 is 1.70 bits per heavy atom. The van der Waals surface area contributed by atoms with Gasteiger partial charge in [-0.3, -0.25) is 0 Å². The molecule has 0 bridgehead atoms. The molecule has 0 amide bonds. The highest BCUT2D eigenvalue weighted by molar-refractivity contribution is 6.19. The van der Waals surface area contributed by atoms with E-state index in [1.807, 2.05) is 28.7 Å². The molecular weight excluding hydrogens is 483 g/mol. The molecule has 5 aromatic rings. The van der Waals surface area contributed by atoms with Crippen LogP contribution in [0.5, 0.6) is 0 Å². The van der Waals surface area contributed by atoms with E-state index in [1.165, 1.54) is 22.3 Å². The van der Waals surface area contributed by atoms with Crippen LogP contribution in [-0.2, 0) is 0 Å². The van der Waals surface area contributed by atoms with Crippen molar-refractivity contribution in [2.45, 2.75) is 27.7 Å². The van der Waals surface area contributed by atoms with Gasteiger partial charge >= 0.3 is 0 Å². The number of hydrogen-bond donors (Lipinski definition) is 0. The van der Waals surface area contributed by atoms with Crippen molar-refractivity contribution >= 4 is 25.3 Å². The molecule has 1 aliphatic heterocycles. The van der Waals surface area contributed by atoms with Crippen molar-refractivity contribution in [1.29, 1.82) is 0 Å². The van der Waals surface area contributed by atoms with Crippen molar-refractivity contribution in [3.63, 3.8) is 0 Å². The van der Waals surface area contributed by atoms with Gasteiger partial charge in [0.2, 0.25) is 7.98 Å². The smallest absolute Gasteiger partial charge is 0.234 e. The molecule has 4 aromatic carbocycles. The Kier molecular flexibility index (Phi) is 6.73. The Labute approximate surface area is 238 Å². The van der Waals surface area contributed by atoms with E-state index in [9.17, 15) is 0 Å². The molecule has 1 aromatic heterocycles. The minimum Gasteiger partial charge on any atom is -0.397 e. The average Bonchev–Trinajstić information content (AvgIpc) is 3.50. The highest BCUT2D eigenvalue weighted by Crippen LogP contribution is 2.38. The molecule has 6 rings (SSSR count). The van der Waals surface area contributed by atoms with Gasteiger partial charge in [-0.2, -0.15) is 0 Å². The Hall–Kier alpha value is -4.63. The van der Waals surface area contributed by atoms with Gasteiger partial charge in [0.25, 0.3) is 0 Å². The third-order valence-corrected chi connectivity index (χ3v) is 7.35. The summed E-state index contributed by atoms with van der Waals surface area (Å²) in [6.45, 7) is 8.56. The topological polar surface area (TPSA) is 17.3 Å². The lowest BCUT2D eigenvalue weighted by atomic mass is 9.96. The van der Waals surface area contributed by atoms with Gasteiger partial charge in [0.15, 0.2) is 0 Å². The van der Waals surface area contributed by atoms with Crippen molar-refractivity contribution in [2.24, 2.45) is 4.99 Å². The summed E-state index contributed by atoms with van der Waals surface area (Å²) < 4.78 is 1.81. The lowest BCUT2D eigenvalue weighted by Gasteiger charge is -2.11. The maximum atomic E-state index is 6.91. The lowest BCUT2D eigenvalue weighted by molar-refractivity contribution is 1.23. The summed E-state index contributed by atoms with van der Waals surface area (Å²) in [6, 6.07) is 36.2. The van der Waals surface area contributed by atoms with Crippen LogP contribution in [0.1, 0.15) is 39.1 Å². The number of allylic oxidation sites excluding steroid dienone is 2. The second-order valence-electron chi connectivity index (χ2n) is 10.8. The number of aromatic nitrogens is 1. The first-order valence-electron chi connectivity index (χ1n) is 13.7. The summed E-state index contributed by atoms with van der Waals surface area (Å²) in [6.07, 6.45) is 4.35. The Morgan fingerprint density at radius 2 is 1.12 bits per heavy atom. The van der Waals surface area contributed by atoms with Crippen LogP contribution in [0.3, 0.4) is 0 Å². The van der Waals surface area contributed by atoms with Gasteiger partial charge in [-0.25, -0.2) is 4.99 Å². The van der Waals surface area contributed by atoms with Crippen LogP contribution in [0, 0.1) is 27.7 Å². The highest BCUT2D eigenvalue weighted by atomic mass is 14.9. The fourth-order valence-corrected chi connectivity index (χ4v) is 5.67. The Bertz CT molecular complexity index is 1780. The van der Waals surface area contributed by atoms with Crippen LogP contribution >= 0.6 is 0 Å². The molecule has 0 unspecified atom stereocenters. The molecule has 2 radical (unpaired) electrons. The minimum atomic E-state index is 0.902. The fraction of sp³-hybridized carbons (Fsp3) is 0.108. The van der Waals surface area contributed by atoms with Gasteiger partial charge in [0.1, 0.15) is 0 Å². The van der Waals surface area contributed by atoms with E-state index in [0.717, 1.165) is 56.2 Å². The SMILES string of the molecule is [B]n1c(-c2ccccc2)cc(-c2cc(C)cc(C)c2)c1C=C1N=C(c2ccccc2)C=C1c1cc(C)cc(C)c1. The lowest BCUT2D eigenvalue weighted by Crippen LogP contribution is -1.99. The molecule has 2 nitrogen and oxygen atoms in total. The summed E-state index contributed by atoms with van der Waals surface area (Å²) >= 11 is 0. The van der Waals surface area contributed by atoms with Gasteiger partial charge in [0.05, 0.1) is 11.4 Å². The van der Waals surface area contributed by atoms with Crippen LogP contribution in [-0.4, -0.2) is 18.2 Å². The van der Waals surface area contributed by atoms with E-state index in [1.54, 1.807) is 0 Å². The van der Waals surface area contributed by atoms with Crippen molar-refractivity contribution in [3.05, 3.63) is 154 Å². The molecule has 0 spiro atoms. The second kappa shape index (κ2) is 10.5. The predicted octanol–water partition coefficient (Wildman–Crippen LogP) is 8.91. The third-order valence-electron chi connectivity index (χ3n) is 7.35. The number of benzene rings is 4. The van der Waals surface area contributed by atoms with E-state index < -0.39 is 0 Å². The summed E-state index contributed by atoms with van der Waals surface area (Å²) in [4.78, 5) is 5.18. The molecule has 2 heterocycles. The van der Waals surface area contributed by atoms with Crippen LogP contribution in [0.15, 0.2) is 120 Å². The first kappa shape index (κ1) is 25.6. The van der Waals surface area contributed by atoms with Crippen LogP contribution in [0.25, 0.3) is 34.0 Å². The van der Waals surface area contributed by atoms with E-state index in [2.05, 4.69) is 119 Å². The van der Waals surface area contributed by atoms with E-state index >= 15 is 0 Å². The molecule has 192 valence electrons. The first-order chi connectivity index (χ1) is 19.4. The van der Waals surface area contributed by atoms with Gasteiger partial charge in [-0.05, 0) is 62.6 Å². The molecule has 0 N–H and O–H groups in total. The molecule has 0 aliphatic carbocycles. The quantitative estimate of drug-likeness (QED) is 0.208. The average molecular weight is 514 g/mol. The molecule has 1 aliphatic rings. The zero-order chi connectivity index (χ0) is 27.8. The van der Waals surface area contributed by atoms with E-state index in [-0.39, 0.29) is 0 Å². The summed E-state index contributed by atoms with van der Waals surface area (Å²) in [5.41, 5.74) is 15.3. The molecule has 3 heteroatoms. The van der Waals surface area contributed by atoms with Crippen LogP contribution in [0.2, 0.25) is 0 Å². The van der Waals surface area contributed by atoms with E-state index in [0.29, 0.717) is 0 Å². The zero-order valence-electron chi connectivity index (χ0n) is 23.4. The maximum absolute atomic E-state index is 6.91. The molecular formula is C37H31BN2. The standard InChI is InChI=1S/C37H31BN2/c1-24-15-25(2)18-30(17-24)32-21-34(28-11-7-5-8-12-28)39-35(32)23-37-33(31-19-26(3)16-27(4)20-31)22-36(40(37)38)29-13-9-6-10-14-29/h5-23H,1-4H3. The zero-order valence-corrected chi connectivity index (χ0v) is 23.4. The largest absolute Gasteiger partial charge is 0.397 e. The molecule has 40 heavy (non-hydrogen) atoms. The fourth-order valence-electron chi connectivity index (χ4n) is 5.67. The number of nitrogens with zero attached hydrogens (tertiary/aromatic N) is 2. The maximum Gasteiger partial charge on any atom is 0.234 e. The van der Waals surface area contributed by atoms with Crippen molar-refractivity contribution in [3.8, 4) is 22.4 Å². The monoisotopic (exact) mass is 514 g/mol. The van der Waals surface area contributed by atoms with Gasteiger partial charge in [-0.1, -0.05) is 119 Å². The van der Waals surface area contributed by atoms with E-state index in [4.69, 9.17) is 13.0 Å². The number of hydrogen-bond acceptors (Lipinski definition) is 1. The normalized spacial score (nSPS) is 13.9. The predicted molar refractivity (Wildman–Crippen MR) is 171 cm³/mol. The van der Waals surface area contributed by atoms with Gasteiger partial charge < -0.3 is 4.48 Å². The van der Waals surface area contributed by atoms with Crippen molar-refractivity contribution in [2.75, 3.05) is 0 Å². The minimum absolute atomic E-state index is 0.902. The number of aliphatic imine (C=N–C) groups is 1. The second-order valence-corrected chi connectivity index (χ2v) is 10.8. The summed E-state index contributed by atoms with van der Waals surface area (Å²) in [5.74, 6) is 0. The molecule has 0 atom stereocenters. The van der Waals surface area contributed by atoms with Crippen molar-refractivity contribution in [1.82, 2.24) is 4.48 Å². The summed E-state index contributed by atoms with van der Waals surface area (Å²) in [5, 5.41) is 0. The molecule has 0 saturated heterocycles. The Balaban J connectivity index is 1.59. The molecule has 0 saturated carbocycles. The first-order valence-corrected chi connectivity index (χ1v) is 13.7. The van der Waals surface area contributed by atoms with Crippen molar-refractivity contribution < 1.29 is 0 Å². The Morgan fingerprint density at radius 1 is 0.600 bits per heavy atom. The third kappa shape index (κ3) is 5.03.